The number of nitrogens with one attached hydrogen (secondary N) is 1. The molecule has 1 aliphatic rings. The summed E-state index contributed by atoms with van der Waals surface area (Å²) in [7, 11) is -2.02. The number of nitrogens with zero attached hydrogens (tertiary/aromatic N) is 2. The molecule has 1 heterocycles. The highest BCUT2D eigenvalue weighted by atomic mass is 32.2. The zero-order valence-electron chi connectivity index (χ0n) is 18.0. The summed E-state index contributed by atoms with van der Waals surface area (Å²) in [6.07, 6.45) is -3.23. The number of sulfonamides is 1. The number of hydrogen-bond donors (Lipinski definition) is 1. The third-order valence-electron chi connectivity index (χ3n) is 4.94. The number of anilines is 2. The SMILES string of the molecule is CC1Cc2cc(C(=O)N(C)CC(=O)Nc3ccc(OC(F)(F)F)cc3)ccc2N1S(C)(=O)=O. The van der Waals surface area contributed by atoms with Crippen molar-refractivity contribution in [1.29, 1.82) is 0 Å². The fourth-order valence-electron chi connectivity index (χ4n) is 3.69. The molecule has 2 amide bonds. The third kappa shape index (κ3) is 5.95. The van der Waals surface area contributed by atoms with Crippen LogP contribution < -0.4 is 14.4 Å². The summed E-state index contributed by atoms with van der Waals surface area (Å²) in [6, 6.07) is 9.04. The molecule has 8 nitrogen and oxygen atoms in total. The number of amides is 2. The smallest absolute Gasteiger partial charge is 0.406 e. The van der Waals surface area contributed by atoms with Crippen molar-refractivity contribution in [2.24, 2.45) is 0 Å². The molecule has 12 heteroatoms. The van der Waals surface area contributed by atoms with Crippen LogP contribution in [-0.2, 0) is 21.2 Å². The standard InChI is InChI=1S/C21H22F3N3O5S/c1-13-10-15-11-14(4-9-18(15)27(13)33(3,30)31)20(29)26(2)12-19(28)25-16-5-7-17(8-6-16)32-21(22,23)24/h4-9,11,13H,10,12H2,1-3H3,(H,25,28). The van der Waals surface area contributed by atoms with Crippen LogP contribution in [0.25, 0.3) is 0 Å². The van der Waals surface area contributed by atoms with Crippen LogP contribution in [0.15, 0.2) is 42.5 Å². The van der Waals surface area contributed by atoms with Crippen molar-refractivity contribution in [1.82, 2.24) is 4.90 Å². The molecule has 2 aromatic rings. The van der Waals surface area contributed by atoms with Gasteiger partial charge in [0.1, 0.15) is 5.75 Å². The molecule has 0 fully saturated rings. The molecule has 0 spiro atoms. The quantitative estimate of drug-likeness (QED) is 0.679. The van der Waals surface area contributed by atoms with E-state index in [1.807, 2.05) is 0 Å². The summed E-state index contributed by atoms with van der Waals surface area (Å²) in [6.45, 7) is 1.48. The maximum absolute atomic E-state index is 12.8. The largest absolute Gasteiger partial charge is 0.573 e. The lowest BCUT2D eigenvalue weighted by atomic mass is 10.1. The first-order chi connectivity index (χ1) is 15.2. The summed E-state index contributed by atoms with van der Waals surface area (Å²) in [5.41, 5.74) is 1.79. The van der Waals surface area contributed by atoms with Crippen LogP contribution in [0.3, 0.4) is 0 Å². The molecule has 33 heavy (non-hydrogen) atoms. The van der Waals surface area contributed by atoms with Gasteiger partial charge in [-0.15, -0.1) is 13.2 Å². The van der Waals surface area contributed by atoms with E-state index in [2.05, 4.69) is 10.1 Å². The van der Waals surface area contributed by atoms with Gasteiger partial charge >= 0.3 is 6.36 Å². The van der Waals surface area contributed by atoms with Crippen LogP contribution in [0, 0.1) is 0 Å². The lowest BCUT2D eigenvalue weighted by Gasteiger charge is -2.22. The van der Waals surface area contributed by atoms with E-state index in [0.29, 0.717) is 17.7 Å². The Bertz CT molecular complexity index is 1170. The number of fused-ring (bicyclic) bond motifs is 1. The first-order valence-corrected chi connectivity index (χ1v) is 11.6. The minimum Gasteiger partial charge on any atom is -0.406 e. The Morgan fingerprint density at radius 3 is 2.39 bits per heavy atom. The molecule has 0 aromatic heterocycles. The van der Waals surface area contributed by atoms with Gasteiger partial charge in [0.25, 0.3) is 5.91 Å². The van der Waals surface area contributed by atoms with Crippen molar-refractivity contribution >= 4 is 33.2 Å². The monoisotopic (exact) mass is 485 g/mol. The van der Waals surface area contributed by atoms with Crippen LogP contribution >= 0.6 is 0 Å². The van der Waals surface area contributed by atoms with Gasteiger partial charge in [-0.25, -0.2) is 8.42 Å². The lowest BCUT2D eigenvalue weighted by molar-refractivity contribution is -0.274. The summed E-state index contributed by atoms with van der Waals surface area (Å²) >= 11 is 0. The fourth-order valence-corrected chi connectivity index (χ4v) is 4.95. The summed E-state index contributed by atoms with van der Waals surface area (Å²) in [5, 5.41) is 2.50. The molecule has 178 valence electrons. The predicted molar refractivity (Wildman–Crippen MR) is 116 cm³/mol. The topological polar surface area (TPSA) is 96.0 Å². The van der Waals surface area contributed by atoms with Crippen LogP contribution in [-0.4, -0.2) is 57.4 Å². The van der Waals surface area contributed by atoms with Gasteiger partial charge in [0, 0.05) is 24.3 Å². The van der Waals surface area contributed by atoms with Crippen LogP contribution in [0.2, 0.25) is 0 Å². The zero-order chi connectivity index (χ0) is 24.6. The molecule has 2 aromatic carbocycles. The first kappa shape index (κ1) is 24.4. The second-order valence-electron chi connectivity index (χ2n) is 7.74. The Labute approximate surface area is 189 Å². The van der Waals surface area contributed by atoms with Gasteiger partial charge in [0.15, 0.2) is 0 Å². The highest BCUT2D eigenvalue weighted by molar-refractivity contribution is 7.92. The molecule has 1 aliphatic heterocycles. The van der Waals surface area contributed by atoms with Crippen molar-refractivity contribution < 1.29 is 35.9 Å². The summed E-state index contributed by atoms with van der Waals surface area (Å²) in [4.78, 5) is 26.2. The van der Waals surface area contributed by atoms with Crippen molar-refractivity contribution in [3.8, 4) is 5.75 Å². The van der Waals surface area contributed by atoms with E-state index in [0.717, 1.165) is 24.0 Å². The zero-order valence-corrected chi connectivity index (χ0v) is 18.8. The van der Waals surface area contributed by atoms with Crippen molar-refractivity contribution in [3.05, 3.63) is 53.6 Å². The average molecular weight is 485 g/mol. The number of alkyl halides is 3. The van der Waals surface area contributed by atoms with Gasteiger partial charge in [-0.1, -0.05) is 0 Å². The third-order valence-corrected chi connectivity index (χ3v) is 6.21. The Hall–Kier alpha value is -3.28. The molecule has 1 unspecified atom stereocenters. The number of benzene rings is 2. The summed E-state index contributed by atoms with van der Waals surface area (Å²) in [5.74, 6) is -1.41. The number of rotatable bonds is 6. The fraction of sp³-hybridized carbons (Fsp3) is 0.333. The second kappa shape index (κ2) is 8.93. The Morgan fingerprint density at radius 2 is 1.82 bits per heavy atom. The number of likely N-dealkylation sites (N-methyl/N-ethyl adjacent to an activating group) is 1. The molecular weight excluding hydrogens is 463 g/mol. The van der Waals surface area contributed by atoms with Gasteiger partial charge in [-0.3, -0.25) is 13.9 Å². The minimum atomic E-state index is -4.81. The van der Waals surface area contributed by atoms with E-state index in [-0.39, 0.29) is 18.3 Å². The molecule has 0 aliphatic carbocycles. The van der Waals surface area contributed by atoms with Crippen LogP contribution in [0.4, 0.5) is 24.5 Å². The molecule has 0 saturated carbocycles. The molecule has 3 rings (SSSR count). The van der Waals surface area contributed by atoms with Gasteiger partial charge < -0.3 is 15.0 Å². The molecule has 0 bridgehead atoms. The number of ether oxygens (including phenoxy) is 1. The molecular formula is C21H22F3N3O5S. The van der Waals surface area contributed by atoms with Crippen molar-refractivity contribution in [2.45, 2.75) is 25.7 Å². The highest BCUT2D eigenvalue weighted by Crippen LogP contribution is 2.35. The lowest BCUT2D eigenvalue weighted by Crippen LogP contribution is -2.35. The van der Waals surface area contributed by atoms with E-state index in [1.165, 1.54) is 34.5 Å². The average Bonchev–Trinajstić information content (AvgIpc) is 3.02. The first-order valence-electron chi connectivity index (χ1n) is 9.78. The number of carbonyl (C=O) groups is 2. The summed E-state index contributed by atoms with van der Waals surface area (Å²) < 4.78 is 65.8. The number of halogens is 3. The van der Waals surface area contributed by atoms with Gasteiger partial charge in [-0.2, -0.15) is 0 Å². The van der Waals surface area contributed by atoms with E-state index >= 15 is 0 Å². The van der Waals surface area contributed by atoms with Gasteiger partial charge in [0.2, 0.25) is 15.9 Å². The normalized spacial score (nSPS) is 15.7. The minimum absolute atomic E-state index is 0.239. The Kier molecular flexibility index (Phi) is 6.59. The maximum Gasteiger partial charge on any atom is 0.573 e. The van der Waals surface area contributed by atoms with E-state index in [9.17, 15) is 31.2 Å². The molecule has 0 saturated heterocycles. The number of carbonyl (C=O) groups excluding carboxylic acids is 2. The highest BCUT2D eigenvalue weighted by Gasteiger charge is 2.33. The molecule has 1 N–H and O–H groups in total. The van der Waals surface area contributed by atoms with Crippen LogP contribution in [0.5, 0.6) is 5.75 Å². The van der Waals surface area contributed by atoms with E-state index < -0.39 is 33.9 Å². The molecule has 0 radical (unpaired) electrons. The van der Waals surface area contributed by atoms with Gasteiger partial charge in [0.05, 0.1) is 18.5 Å². The van der Waals surface area contributed by atoms with Gasteiger partial charge in [-0.05, 0) is 61.4 Å². The Morgan fingerprint density at radius 1 is 1.18 bits per heavy atom. The number of hydrogen-bond acceptors (Lipinski definition) is 5. The van der Waals surface area contributed by atoms with Crippen molar-refractivity contribution in [3.63, 3.8) is 0 Å². The predicted octanol–water partition coefficient (Wildman–Crippen LogP) is 3.01. The van der Waals surface area contributed by atoms with E-state index in [4.69, 9.17) is 0 Å². The van der Waals surface area contributed by atoms with E-state index in [1.54, 1.807) is 19.1 Å². The Balaban J connectivity index is 1.63. The van der Waals surface area contributed by atoms with Crippen molar-refractivity contribution in [2.75, 3.05) is 29.5 Å². The maximum atomic E-state index is 12.8. The second-order valence-corrected chi connectivity index (χ2v) is 9.60. The molecule has 1 atom stereocenters. The van der Waals surface area contributed by atoms with Crippen LogP contribution in [0.1, 0.15) is 22.8 Å².